The molecule has 0 amide bonds. The second kappa shape index (κ2) is 8.12. The van der Waals surface area contributed by atoms with Crippen molar-refractivity contribution in [1.82, 2.24) is 4.90 Å². The molecule has 1 nitrogen and oxygen atoms in total. The highest BCUT2D eigenvalue weighted by Crippen LogP contribution is 2.22. The highest BCUT2D eigenvalue weighted by atomic mass is 15.2. The summed E-state index contributed by atoms with van der Waals surface area (Å²) < 4.78 is 0. The van der Waals surface area contributed by atoms with Crippen molar-refractivity contribution in [1.29, 1.82) is 0 Å². The molecule has 0 saturated heterocycles. The third kappa shape index (κ3) is 4.80. The van der Waals surface area contributed by atoms with Gasteiger partial charge in [0.05, 0.1) is 0 Å². The smallest absolute Gasteiger partial charge is 0.0174 e. The summed E-state index contributed by atoms with van der Waals surface area (Å²) in [5.41, 5.74) is 5.19. The Morgan fingerprint density at radius 2 is 1.35 bits per heavy atom. The summed E-state index contributed by atoms with van der Waals surface area (Å²) >= 11 is 0. The van der Waals surface area contributed by atoms with E-state index >= 15 is 0 Å². The van der Waals surface area contributed by atoms with E-state index in [-0.39, 0.29) is 0 Å². The van der Waals surface area contributed by atoms with Crippen molar-refractivity contribution < 1.29 is 0 Å². The van der Waals surface area contributed by atoms with E-state index in [0.29, 0.717) is 12.1 Å². The normalized spacial score (nSPS) is 12.4. The van der Waals surface area contributed by atoms with E-state index in [1.165, 1.54) is 22.3 Å². The van der Waals surface area contributed by atoms with E-state index in [2.05, 4.69) is 100 Å². The van der Waals surface area contributed by atoms with E-state index in [0.717, 1.165) is 6.54 Å². The standard InChI is InChI=1S/C22H29N/c1-17(2)23(18(3)4)16-15-19(5)20-11-13-22(14-12-20)21-9-7-6-8-10-21/h6-15,17-18H,16H2,1-5H3. The van der Waals surface area contributed by atoms with Crippen LogP contribution in [0.1, 0.15) is 40.2 Å². The average Bonchev–Trinajstić information content (AvgIpc) is 2.55. The second-order valence-electron chi connectivity index (χ2n) is 6.71. The van der Waals surface area contributed by atoms with E-state index in [1.54, 1.807) is 0 Å². The zero-order chi connectivity index (χ0) is 16.8. The number of benzene rings is 2. The van der Waals surface area contributed by atoms with Gasteiger partial charge in [-0.1, -0.05) is 60.7 Å². The first-order chi connectivity index (χ1) is 11.0. The lowest BCUT2D eigenvalue weighted by atomic mass is 10.0. The number of rotatable bonds is 6. The van der Waals surface area contributed by atoms with Gasteiger partial charge in [0.15, 0.2) is 0 Å². The zero-order valence-electron chi connectivity index (χ0n) is 15.1. The molecule has 0 aliphatic carbocycles. The number of hydrogen-bond donors (Lipinski definition) is 0. The van der Waals surface area contributed by atoms with Gasteiger partial charge >= 0.3 is 0 Å². The summed E-state index contributed by atoms with van der Waals surface area (Å²) in [6, 6.07) is 20.5. The third-order valence-corrected chi connectivity index (χ3v) is 4.38. The van der Waals surface area contributed by atoms with Gasteiger partial charge in [0.25, 0.3) is 0 Å². The second-order valence-corrected chi connectivity index (χ2v) is 6.71. The quantitative estimate of drug-likeness (QED) is 0.644. The van der Waals surface area contributed by atoms with Crippen LogP contribution in [-0.4, -0.2) is 23.5 Å². The fourth-order valence-corrected chi connectivity index (χ4v) is 2.93. The topological polar surface area (TPSA) is 3.24 Å². The number of hydrogen-bond acceptors (Lipinski definition) is 1. The van der Waals surface area contributed by atoms with E-state index < -0.39 is 0 Å². The molecule has 0 bridgehead atoms. The third-order valence-electron chi connectivity index (χ3n) is 4.38. The van der Waals surface area contributed by atoms with Gasteiger partial charge in [-0.15, -0.1) is 0 Å². The zero-order valence-corrected chi connectivity index (χ0v) is 15.1. The maximum Gasteiger partial charge on any atom is 0.0174 e. The van der Waals surface area contributed by atoms with Crippen LogP contribution in [0.4, 0.5) is 0 Å². The van der Waals surface area contributed by atoms with Gasteiger partial charge in [-0.2, -0.15) is 0 Å². The summed E-state index contributed by atoms with van der Waals surface area (Å²) in [5, 5.41) is 0. The van der Waals surface area contributed by atoms with Crippen molar-refractivity contribution in [3.8, 4) is 11.1 Å². The summed E-state index contributed by atoms with van der Waals surface area (Å²) in [5.74, 6) is 0. The lowest BCUT2D eigenvalue weighted by Gasteiger charge is -2.29. The largest absolute Gasteiger partial charge is 0.295 e. The lowest BCUT2D eigenvalue weighted by Crippen LogP contribution is -2.37. The predicted octanol–water partition coefficient (Wildman–Crippen LogP) is 5.88. The molecular formula is C22H29N. The van der Waals surface area contributed by atoms with Crippen LogP contribution in [0.25, 0.3) is 16.7 Å². The van der Waals surface area contributed by atoms with Crippen molar-refractivity contribution in [3.05, 3.63) is 66.2 Å². The SMILES string of the molecule is CC(=CCN(C(C)C)C(C)C)c1ccc(-c2ccccc2)cc1. The molecule has 0 saturated carbocycles. The minimum Gasteiger partial charge on any atom is -0.295 e. The van der Waals surface area contributed by atoms with Gasteiger partial charge in [0, 0.05) is 18.6 Å². The molecule has 0 atom stereocenters. The van der Waals surface area contributed by atoms with Crippen LogP contribution in [0.3, 0.4) is 0 Å². The maximum absolute atomic E-state index is 2.50. The van der Waals surface area contributed by atoms with Gasteiger partial charge in [0.1, 0.15) is 0 Å². The Morgan fingerprint density at radius 3 is 1.87 bits per heavy atom. The van der Waals surface area contributed by atoms with Crippen molar-refractivity contribution in [2.24, 2.45) is 0 Å². The first-order valence-corrected chi connectivity index (χ1v) is 8.57. The minimum atomic E-state index is 0.569. The van der Waals surface area contributed by atoms with Crippen LogP contribution in [-0.2, 0) is 0 Å². The molecule has 0 fully saturated rings. The van der Waals surface area contributed by atoms with Crippen LogP contribution in [0.2, 0.25) is 0 Å². The van der Waals surface area contributed by atoms with E-state index in [1.807, 2.05) is 0 Å². The summed E-state index contributed by atoms with van der Waals surface area (Å²) in [4.78, 5) is 2.50. The molecule has 0 aliphatic rings. The Hall–Kier alpha value is -1.86. The maximum atomic E-state index is 2.50. The van der Waals surface area contributed by atoms with Gasteiger partial charge in [0.2, 0.25) is 0 Å². The Balaban J connectivity index is 2.11. The molecule has 2 aromatic rings. The summed E-state index contributed by atoms with van der Waals surface area (Å²) in [6.07, 6.45) is 2.34. The molecule has 0 heterocycles. The fourth-order valence-electron chi connectivity index (χ4n) is 2.93. The Morgan fingerprint density at radius 1 is 0.826 bits per heavy atom. The fraction of sp³-hybridized carbons (Fsp3) is 0.364. The van der Waals surface area contributed by atoms with Crippen molar-refractivity contribution >= 4 is 5.57 Å². The molecule has 2 rings (SSSR count). The molecule has 1 heteroatoms. The Labute approximate surface area is 141 Å². The average molecular weight is 307 g/mol. The Bertz CT molecular complexity index is 613. The first kappa shape index (κ1) is 17.5. The van der Waals surface area contributed by atoms with Crippen LogP contribution in [0.15, 0.2) is 60.7 Å². The van der Waals surface area contributed by atoms with Crippen LogP contribution < -0.4 is 0 Å². The molecular weight excluding hydrogens is 278 g/mol. The lowest BCUT2D eigenvalue weighted by molar-refractivity contribution is 0.196. The molecule has 2 aromatic carbocycles. The summed E-state index contributed by atoms with van der Waals surface area (Å²) in [7, 11) is 0. The van der Waals surface area contributed by atoms with E-state index in [4.69, 9.17) is 0 Å². The van der Waals surface area contributed by atoms with Crippen LogP contribution >= 0.6 is 0 Å². The molecule has 0 unspecified atom stereocenters. The van der Waals surface area contributed by atoms with Gasteiger partial charge in [-0.25, -0.2) is 0 Å². The van der Waals surface area contributed by atoms with Gasteiger partial charge < -0.3 is 0 Å². The minimum absolute atomic E-state index is 0.569. The molecule has 0 N–H and O–H groups in total. The van der Waals surface area contributed by atoms with Crippen molar-refractivity contribution in [2.45, 2.75) is 46.7 Å². The first-order valence-electron chi connectivity index (χ1n) is 8.57. The highest BCUT2D eigenvalue weighted by Gasteiger charge is 2.11. The Kier molecular flexibility index (Phi) is 6.18. The molecule has 23 heavy (non-hydrogen) atoms. The molecule has 0 aromatic heterocycles. The van der Waals surface area contributed by atoms with E-state index in [9.17, 15) is 0 Å². The predicted molar refractivity (Wildman–Crippen MR) is 103 cm³/mol. The highest BCUT2D eigenvalue weighted by molar-refractivity contribution is 5.69. The number of nitrogens with zero attached hydrogens (tertiary/aromatic N) is 1. The molecule has 0 spiro atoms. The monoisotopic (exact) mass is 307 g/mol. The molecule has 0 radical (unpaired) electrons. The molecule has 0 aliphatic heterocycles. The van der Waals surface area contributed by atoms with Crippen molar-refractivity contribution in [2.75, 3.05) is 6.54 Å². The summed E-state index contributed by atoms with van der Waals surface area (Å²) in [6.45, 7) is 12.3. The van der Waals surface area contributed by atoms with Crippen LogP contribution in [0.5, 0.6) is 0 Å². The molecule has 122 valence electrons. The van der Waals surface area contributed by atoms with Gasteiger partial charge in [-0.3, -0.25) is 4.90 Å². The number of allylic oxidation sites excluding steroid dienone is 1. The van der Waals surface area contributed by atoms with Crippen LogP contribution in [0, 0.1) is 0 Å². The van der Waals surface area contributed by atoms with Gasteiger partial charge in [-0.05, 0) is 56.9 Å². The van der Waals surface area contributed by atoms with Crippen molar-refractivity contribution in [3.63, 3.8) is 0 Å².